The Morgan fingerprint density at radius 2 is 2.33 bits per heavy atom. The molecular formula is C12H12ClN3O2. The molecule has 0 aliphatic heterocycles. The first-order valence-corrected chi connectivity index (χ1v) is 5.80. The van der Waals surface area contributed by atoms with E-state index in [4.69, 9.17) is 16.7 Å². The highest BCUT2D eigenvalue weighted by Crippen LogP contribution is 2.23. The maximum absolute atomic E-state index is 10.8. The number of rotatable bonds is 4. The lowest BCUT2D eigenvalue weighted by atomic mass is 10.2. The molecule has 2 N–H and O–H groups in total. The van der Waals surface area contributed by atoms with Gasteiger partial charge in [0.15, 0.2) is 0 Å². The quantitative estimate of drug-likeness (QED) is 0.892. The van der Waals surface area contributed by atoms with Crippen molar-refractivity contribution in [2.24, 2.45) is 0 Å². The van der Waals surface area contributed by atoms with E-state index in [1.54, 1.807) is 18.3 Å². The normalized spacial score (nSPS) is 10.3. The van der Waals surface area contributed by atoms with Crippen molar-refractivity contribution in [2.75, 3.05) is 5.32 Å². The summed E-state index contributed by atoms with van der Waals surface area (Å²) in [5.41, 5.74) is 0.784. The molecule has 5 nitrogen and oxygen atoms in total. The van der Waals surface area contributed by atoms with Gasteiger partial charge in [-0.25, -0.2) is 9.78 Å². The fourth-order valence-electron chi connectivity index (χ4n) is 1.58. The van der Waals surface area contributed by atoms with Crippen molar-refractivity contribution in [2.45, 2.75) is 13.5 Å². The van der Waals surface area contributed by atoms with Crippen molar-refractivity contribution in [3.05, 3.63) is 41.2 Å². The molecule has 0 saturated carbocycles. The Kier molecular flexibility index (Phi) is 3.53. The number of carboxylic acid groups (broad SMARTS) is 1. The summed E-state index contributed by atoms with van der Waals surface area (Å²) < 4.78 is 1.93. The molecule has 1 aromatic heterocycles. The fraction of sp³-hybridized carbons (Fsp3) is 0.167. The molecular weight excluding hydrogens is 254 g/mol. The Morgan fingerprint density at radius 3 is 2.94 bits per heavy atom. The molecule has 6 heteroatoms. The molecule has 18 heavy (non-hydrogen) atoms. The summed E-state index contributed by atoms with van der Waals surface area (Å²) in [5, 5.41) is 12.2. The lowest BCUT2D eigenvalue weighted by Gasteiger charge is -2.08. The van der Waals surface area contributed by atoms with E-state index in [1.807, 2.05) is 17.7 Å². The molecule has 2 aromatic rings. The van der Waals surface area contributed by atoms with Crippen LogP contribution in [-0.4, -0.2) is 20.6 Å². The number of aromatic nitrogens is 2. The highest BCUT2D eigenvalue weighted by atomic mass is 35.5. The molecule has 1 aromatic carbocycles. The molecule has 1 heterocycles. The van der Waals surface area contributed by atoms with Crippen LogP contribution in [0.25, 0.3) is 0 Å². The van der Waals surface area contributed by atoms with Gasteiger partial charge in [-0.05, 0) is 25.1 Å². The van der Waals surface area contributed by atoms with Gasteiger partial charge in [0.1, 0.15) is 0 Å². The van der Waals surface area contributed by atoms with E-state index < -0.39 is 5.97 Å². The van der Waals surface area contributed by atoms with E-state index >= 15 is 0 Å². The summed E-state index contributed by atoms with van der Waals surface area (Å²) in [6.45, 7) is 2.80. The maximum Gasteiger partial charge on any atom is 0.337 e. The van der Waals surface area contributed by atoms with Gasteiger partial charge in [-0.15, -0.1) is 0 Å². The molecule has 0 bridgehead atoms. The van der Waals surface area contributed by atoms with Crippen LogP contribution in [-0.2, 0) is 6.54 Å². The standard InChI is InChI=1S/C12H12ClN3O2/c1-2-16-6-5-14-12(16)15-8-3-4-9(11(17)18)10(13)7-8/h3-7H,2H2,1H3,(H,14,15)(H,17,18). The van der Waals surface area contributed by atoms with E-state index in [2.05, 4.69) is 10.3 Å². The van der Waals surface area contributed by atoms with Gasteiger partial charge in [-0.3, -0.25) is 0 Å². The molecule has 0 amide bonds. The zero-order chi connectivity index (χ0) is 13.1. The third-order valence-electron chi connectivity index (χ3n) is 2.51. The monoisotopic (exact) mass is 265 g/mol. The van der Waals surface area contributed by atoms with Crippen LogP contribution in [0.2, 0.25) is 5.02 Å². The predicted octanol–water partition coefficient (Wildman–Crippen LogP) is 3.00. The zero-order valence-corrected chi connectivity index (χ0v) is 10.5. The van der Waals surface area contributed by atoms with Crippen molar-refractivity contribution < 1.29 is 9.90 Å². The third-order valence-corrected chi connectivity index (χ3v) is 2.82. The van der Waals surface area contributed by atoms with Crippen LogP contribution in [0, 0.1) is 0 Å². The fourth-order valence-corrected chi connectivity index (χ4v) is 1.85. The van der Waals surface area contributed by atoms with Gasteiger partial charge in [-0.1, -0.05) is 11.6 Å². The number of nitrogens with zero attached hydrogens (tertiary/aromatic N) is 2. The van der Waals surface area contributed by atoms with Crippen LogP contribution in [0.3, 0.4) is 0 Å². The van der Waals surface area contributed by atoms with Gasteiger partial charge in [0, 0.05) is 24.6 Å². The Bertz CT molecular complexity index is 580. The largest absolute Gasteiger partial charge is 0.478 e. The second kappa shape index (κ2) is 5.10. The van der Waals surface area contributed by atoms with Crippen LogP contribution in [0.1, 0.15) is 17.3 Å². The SMILES string of the molecule is CCn1ccnc1Nc1ccc(C(=O)O)c(Cl)c1. The summed E-state index contributed by atoms with van der Waals surface area (Å²) in [5.74, 6) is -0.349. The van der Waals surface area contributed by atoms with Crippen molar-refractivity contribution in [3.63, 3.8) is 0 Å². The number of anilines is 2. The molecule has 0 aliphatic rings. The molecule has 2 rings (SSSR count). The first kappa shape index (κ1) is 12.4. The highest BCUT2D eigenvalue weighted by molar-refractivity contribution is 6.33. The zero-order valence-electron chi connectivity index (χ0n) is 9.72. The second-order valence-corrected chi connectivity index (χ2v) is 4.07. The van der Waals surface area contributed by atoms with Crippen LogP contribution < -0.4 is 5.32 Å². The topological polar surface area (TPSA) is 67.2 Å². The third kappa shape index (κ3) is 2.46. The number of halogens is 1. The number of nitrogens with one attached hydrogen (secondary N) is 1. The average Bonchev–Trinajstić information content (AvgIpc) is 2.76. The van der Waals surface area contributed by atoms with E-state index in [1.165, 1.54) is 6.07 Å². The van der Waals surface area contributed by atoms with Crippen molar-refractivity contribution in [1.82, 2.24) is 9.55 Å². The average molecular weight is 266 g/mol. The predicted molar refractivity (Wildman–Crippen MR) is 69.6 cm³/mol. The molecule has 0 spiro atoms. The Balaban J connectivity index is 2.25. The smallest absolute Gasteiger partial charge is 0.337 e. The van der Waals surface area contributed by atoms with Crippen molar-refractivity contribution >= 4 is 29.2 Å². The molecule has 0 radical (unpaired) electrons. The summed E-state index contributed by atoms with van der Waals surface area (Å²) in [4.78, 5) is 15.0. The summed E-state index contributed by atoms with van der Waals surface area (Å²) in [7, 11) is 0. The number of benzene rings is 1. The van der Waals surface area contributed by atoms with Crippen molar-refractivity contribution in [1.29, 1.82) is 0 Å². The summed E-state index contributed by atoms with van der Waals surface area (Å²) in [6, 6.07) is 4.69. The minimum absolute atomic E-state index is 0.0843. The number of aryl methyl sites for hydroxylation is 1. The van der Waals surface area contributed by atoms with Gasteiger partial charge in [0.25, 0.3) is 0 Å². The Labute approximate surface area is 109 Å². The highest BCUT2D eigenvalue weighted by Gasteiger charge is 2.09. The minimum atomic E-state index is -1.04. The number of hydrogen-bond acceptors (Lipinski definition) is 3. The van der Waals surface area contributed by atoms with Gasteiger partial charge in [0.05, 0.1) is 10.6 Å². The van der Waals surface area contributed by atoms with Crippen molar-refractivity contribution in [3.8, 4) is 0 Å². The Hall–Kier alpha value is -2.01. The van der Waals surface area contributed by atoms with E-state index in [9.17, 15) is 4.79 Å². The van der Waals surface area contributed by atoms with Gasteiger partial charge < -0.3 is 15.0 Å². The lowest BCUT2D eigenvalue weighted by molar-refractivity contribution is 0.0697. The Morgan fingerprint density at radius 1 is 1.56 bits per heavy atom. The summed E-state index contributed by atoms with van der Waals surface area (Å²) in [6.07, 6.45) is 3.55. The number of aromatic carboxylic acids is 1. The molecule has 0 saturated heterocycles. The van der Waals surface area contributed by atoms with E-state index in [0.29, 0.717) is 11.6 Å². The molecule has 0 fully saturated rings. The molecule has 0 aliphatic carbocycles. The molecule has 0 unspecified atom stereocenters. The van der Waals surface area contributed by atoms with Crippen LogP contribution in [0.4, 0.5) is 11.6 Å². The van der Waals surface area contributed by atoms with E-state index in [0.717, 1.165) is 6.54 Å². The first-order valence-electron chi connectivity index (χ1n) is 5.43. The molecule has 94 valence electrons. The number of carbonyl (C=O) groups is 1. The van der Waals surface area contributed by atoms with Crippen LogP contribution in [0.5, 0.6) is 0 Å². The van der Waals surface area contributed by atoms with Gasteiger partial charge >= 0.3 is 5.97 Å². The van der Waals surface area contributed by atoms with Crippen LogP contribution in [0.15, 0.2) is 30.6 Å². The van der Waals surface area contributed by atoms with Gasteiger partial charge in [0.2, 0.25) is 5.95 Å². The minimum Gasteiger partial charge on any atom is -0.478 e. The number of imidazole rings is 1. The second-order valence-electron chi connectivity index (χ2n) is 3.66. The number of hydrogen-bond donors (Lipinski definition) is 2. The van der Waals surface area contributed by atoms with E-state index in [-0.39, 0.29) is 10.6 Å². The lowest BCUT2D eigenvalue weighted by Crippen LogP contribution is -2.02. The summed E-state index contributed by atoms with van der Waals surface area (Å²) >= 11 is 5.89. The number of carboxylic acids is 1. The van der Waals surface area contributed by atoms with Gasteiger partial charge in [-0.2, -0.15) is 0 Å². The first-order chi connectivity index (χ1) is 8.61. The van der Waals surface area contributed by atoms with Crippen LogP contribution >= 0.6 is 11.6 Å². The molecule has 0 atom stereocenters. The maximum atomic E-state index is 10.8.